The molecule has 2 rings (SSSR count). The predicted molar refractivity (Wildman–Crippen MR) is 75.6 cm³/mol. The number of benzene rings is 1. The van der Waals surface area contributed by atoms with Crippen LogP contribution in [0, 0.1) is 17.0 Å². The molecule has 0 spiro atoms. The molecule has 0 saturated carbocycles. The van der Waals surface area contributed by atoms with Crippen molar-refractivity contribution in [1.82, 2.24) is 4.98 Å². The van der Waals surface area contributed by atoms with Gasteiger partial charge in [0.15, 0.2) is 5.13 Å². The molecule has 98 valence electrons. The number of nitro groups is 1. The molecule has 19 heavy (non-hydrogen) atoms. The Morgan fingerprint density at radius 3 is 2.84 bits per heavy atom. The summed E-state index contributed by atoms with van der Waals surface area (Å²) in [4.78, 5) is 26.3. The maximum absolute atomic E-state index is 11.9. The van der Waals surface area contributed by atoms with Crippen molar-refractivity contribution in [3.05, 3.63) is 49.4 Å². The van der Waals surface area contributed by atoms with E-state index in [4.69, 9.17) is 0 Å². The number of hydrogen-bond donors (Lipinski definition) is 1. The van der Waals surface area contributed by atoms with Crippen molar-refractivity contribution in [1.29, 1.82) is 0 Å². The van der Waals surface area contributed by atoms with Crippen molar-refractivity contribution in [2.24, 2.45) is 0 Å². The van der Waals surface area contributed by atoms with Gasteiger partial charge in [0.2, 0.25) is 0 Å². The zero-order chi connectivity index (χ0) is 14.0. The highest BCUT2D eigenvalue weighted by atomic mass is 79.9. The van der Waals surface area contributed by atoms with Crippen LogP contribution < -0.4 is 5.32 Å². The fraction of sp³-hybridized carbons (Fsp3) is 0.0909. The molecule has 0 aliphatic carbocycles. The molecule has 0 fully saturated rings. The fourth-order valence-electron chi connectivity index (χ4n) is 1.37. The summed E-state index contributed by atoms with van der Waals surface area (Å²) in [5.41, 5.74) is 0.868. The average Bonchev–Trinajstić information content (AvgIpc) is 2.74. The first-order chi connectivity index (χ1) is 8.97. The molecule has 0 aliphatic heterocycles. The Balaban J connectivity index is 2.24. The minimum atomic E-state index is -0.547. The summed E-state index contributed by atoms with van der Waals surface area (Å²) in [6.45, 7) is 1.82. The lowest BCUT2D eigenvalue weighted by molar-refractivity contribution is -0.385. The lowest BCUT2D eigenvalue weighted by Crippen LogP contribution is -2.12. The van der Waals surface area contributed by atoms with E-state index < -0.39 is 10.8 Å². The third-order valence-electron chi connectivity index (χ3n) is 2.24. The van der Waals surface area contributed by atoms with Crippen LogP contribution in [0.25, 0.3) is 0 Å². The van der Waals surface area contributed by atoms with Gasteiger partial charge < -0.3 is 0 Å². The number of carbonyl (C=O) groups excluding carboxylic acids is 1. The molecule has 2 aromatic rings. The van der Waals surface area contributed by atoms with Gasteiger partial charge in [-0.25, -0.2) is 4.98 Å². The highest BCUT2D eigenvalue weighted by Gasteiger charge is 2.16. The van der Waals surface area contributed by atoms with Gasteiger partial charge in [-0.1, -0.05) is 0 Å². The summed E-state index contributed by atoms with van der Waals surface area (Å²) in [5, 5.41) is 15.7. The number of rotatable bonds is 3. The van der Waals surface area contributed by atoms with Gasteiger partial charge >= 0.3 is 0 Å². The number of carbonyl (C=O) groups is 1. The van der Waals surface area contributed by atoms with Crippen LogP contribution in [0.3, 0.4) is 0 Å². The Bertz CT molecular complexity index is 656. The molecular formula is C11H8BrN3O3S. The minimum Gasteiger partial charge on any atom is -0.298 e. The summed E-state index contributed by atoms with van der Waals surface area (Å²) < 4.78 is 0.333. The molecule has 0 saturated heterocycles. The standard InChI is InChI=1S/C11H8BrN3O3S/c1-6-5-19-11(13-6)14-10(16)7-2-3-8(12)9(4-7)15(17)18/h2-5H,1H3,(H,13,14,16). The Hall–Kier alpha value is -1.80. The molecular weight excluding hydrogens is 334 g/mol. The number of nitrogens with zero attached hydrogens (tertiary/aromatic N) is 2. The summed E-state index contributed by atoms with van der Waals surface area (Å²) in [5.74, 6) is -0.426. The molecule has 0 aliphatic rings. The van der Waals surface area contributed by atoms with Crippen LogP contribution in [-0.4, -0.2) is 15.8 Å². The van der Waals surface area contributed by atoms with Crippen molar-refractivity contribution in [2.45, 2.75) is 6.92 Å². The van der Waals surface area contributed by atoms with Crippen molar-refractivity contribution in [2.75, 3.05) is 5.32 Å². The second kappa shape index (κ2) is 5.45. The van der Waals surface area contributed by atoms with Crippen molar-refractivity contribution >= 4 is 44.0 Å². The van der Waals surface area contributed by atoms with E-state index in [1.807, 2.05) is 6.92 Å². The van der Waals surface area contributed by atoms with E-state index in [2.05, 4.69) is 26.2 Å². The predicted octanol–water partition coefficient (Wildman–Crippen LogP) is 3.37. The molecule has 1 heterocycles. The number of aromatic nitrogens is 1. The van der Waals surface area contributed by atoms with Crippen LogP contribution in [0.2, 0.25) is 0 Å². The molecule has 0 bridgehead atoms. The Morgan fingerprint density at radius 2 is 2.26 bits per heavy atom. The number of halogens is 1. The summed E-state index contributed by atoms with van der Waals surface area (Å²) in [6, 6.07) is 4.20. The number of nitrogens with one attached hydrogen (secondary N) is 1. The summed E-state index contributed by atoms with van der Waals surface area (Å²) >= 11 is 4.37. The van der Waals surface area contributed by atoms with E-state index in [0.717, 1.165) is 5.69 Å². The number of anilines is 1. The van der Waals surface area contributed by atoms with Crippen LogP contribution in [-0.2, 0) is 0 Å². The number of thiazole rings is 1. The van der Waals surface area contributed by atoms with Crippen molar-refractivity contribution < 1.29 is 9.72 Å². The second-order valence-corrected chi connectivity index (χ2v) is 5.38. The number of hydrogen-bond acceptors (Lipinski definition) is 5. The summed E-state index contributed by atoms with van der Waals surface area (Å²) in [7, 11) is 0. The normalized spacial score (nSPS) is 10.2. The van der Waals surface area contributed by atoms with Crippen molar-refractivity contribution in [3.8, 4) is 0 Å². The van der Waals surface area contributed by atoms with Gasteiger partial charge in [0.25, 0.3) is 11.6 Å². The number of amides is 1. The molecule has 0 unspecified atom stereocenters. The molecule has 1 aromatic heterocycles. The van der Waals surface area contributed by atoms with E-state index >= 15 is 0 Å². The number of aryl methyl sites for hydroxylation is 1. The number of nitro benzene ring substituents is 1. The van der Waals surface area contributed by atoms with E-state index in [1.165, 1.54) is 29.5 Å². The lowest BCUT2D eigenvalue weighted by atomic mass is 10.2. The molecule has 8 heteroatoms. The van der Waals surface area contributed by atoms with Crippen LogP contribution in [0.5, 0.6) is 0 Å². The second-order valence-electron chi connectivity index (χ2n) is 3.67. The Kier molecular flexibility index (Phi) is 3.91. The van der Waals surface area contributed by atoms with Crippen LogP contribution >= 0.6 is 27.3 Å². The van der Waals surface area contributed by atoms with E-state index in [9.17, 15) is 14.9 Å². The first-order valence-corrected chi connectivity index (χ1v) is 6.82. The lowest BCUT2D eigenvalue weighted by Gasteiger charge is -2.02. The van der Waals surface area contributed by atoms with Crippen molar-refractivity contribution in [3.63, 3.8) is 0 Å². The molecule has 0 radical (unpaired) electrons. The Labute approximate surface area is 120 Å². The monoisotopic (exact) mass is 341 g/mol. The van der Waals surface area contributed by atoms with Gasteiger partial charge in [-0.2, -0.15) is 0 Å². The minimum absolute atomic E-state index is 0.150. The topological polar surface area (TPSA) is 85.1 Å². The molecule has 6 nitrogen and oxygen atoms in total. The highest BCUT2D eigenvalue weighted by Crippen LogP contribution is 2.26. The van der Waals surface area contributed by atoms with Gasteiger partial charge in [0, 0.05) is 17.0 Å². The van der Waals surface area contributed by atoms with E-state index in [1.54, 1.807) is 5.38 Å². The fourth-order valence-corrected chi connectivity index (χ4v) is 2.45. The smallest absolute Gasteiger partial charge is 0.284 e. The SMILES string of the molecule is Cc1csc(NC(=O)c2ccc(Br)c([N+](=O)[O-])c2)n1. The van der Waals surface area contributed by atoms with Gasteiger partial charge in [-0.3, -0.25) is 20.2 Å². The molecule has 1 amide bonds. The first kappa shape index (κ1) is 13.6. The largest absolute Gasteiger partial charge is 0.298 e. The molecule has 1 aromatic carbocycles. The zero-order valence-corrected chi connectivity index (χ0v) is 12.1. The third kappa shape index (κ3) is 3.15. The average molecular weight is 342 g/mol. The third-order valence-corrected chi connectivity index (χ3v) is 3.79. The Morgan fingerprint density at radius 1 is 1.53 bits per heavy atom. The maximum Gasteiger partial charge on any atom is 0.284 e. The summed E-state index contributed by atoms with van der Waals surface area (Å²) in [6.07, 6.45) is 0. The highest BCUT2D eigenvalue weighted by molar-refractivity contribution is 9.10. The molecule has 1 N–H and O–H groups in total. The van der Waals surface area contributed by atoms with Crippen LogP contribution in [0.4, 0.5) is 10.8 Å². The van der Waals surface area contributed by atoms with Gasteiger partial charge in [-0.15, -0.1) is 11.3 Å². The van der Waals surface area contributed by atoms with Gasteiger partial charge in [0.05, 0.1) is 15.1 Å². The van der Waals surface area contributed by atoms with E-state index in [0.29, 0.717) is 9.60 Å². The van der Waals surface area contributed by atoms with Crippen LogP contribution in [0.15, 0.2) is 28.1 Å². The first-order valence-electron chi connectivity index (χ1n) is 5.15. The zero-order valence-electron chi connectivity index (χ0n) is 9.71. The van der Waals surface area contributed by atoms with Gasteiger partial charge in [-0.05, 0) is 35.0 Å². The van der Waals surface area contributed by atoms with E-state index in [-0.39, 0.29) is 11.3 Å². The van der Waals surface area contributed by atoms with Crippen LogP contribution in [0.1, 0.15) is 16.1 Å². The molecule has 0 atom stereocenters. The van der Waals surface area contributed by atoms with Gasteiger partial charge in [0.1, 0.15) is 0 Å². The quantitative estimate of drug-likeness (QED) is 0.684. The maximum atomic E-state index is 11.9.